The number of rotatable bonds is 5. The molecule has 0 unspecified atom stereocenters. The zero-order valence-corrected chi connectivity index (χ0v) is 14.4. The Labute approximate surface area is 131 Å². The summed E-state index contributed by atoms with van der Waals surface area (Å²) in [5.41, 5.74) is -1.47. The fourth-order valence-corrected chi connectivity index (χ4v) is 1.63. The molecule has 0 aromatic heterocycles. The van der Waals surface area contributed by atoms with Gasteiger partial charge < -0.3 is 19.9 Å². The van der Waals surface area contributed by atoms with Crippen molar-refractivity contribution in [2.45, 2.75) is 72.1 Å². The normalized spacial score (nSPS) is 14.7. The number of nitrogens with one attached hydrogen (secondary N) is 1. The molecule has 22 heavy (non-hydrogen) atoms. The summed E-state index contributed by atoms with van der Waals surface area (Å²) in [6, 6.07) is -1.09. The Morgan fingerprint density at radius 3 is 1.82 bits per heavy atom. The Morgan fingerprint density at radius 2 is 1.45 bits per heavy atom. The van der Waals surface area contributed by atoms with Crippen LogP contribution in [0.2, 0.25) is 0 Å². The molecule has 0 radical (unpaired) electrons. The second-order valence-electron chi connectivity index (χ2n) is 7.23. The van der Waals surface area contributed by atoms with Crippen LogP contribution in [0.25, 0.3) is 0 Å². The van der Waals surface area contributed by atoms with Crippen LogP contribution in [0.1, 0.15) is 54.9 Å². The summed E-state index contributed by atoms with van der Waals surface area (Å²) in [5.74, 6) is -2.39. The summed E-state index contributed by atoms with van der Waals surface area (Å²) < 4.78 is 10.3. The first-order valence-electron chi connectivity index (χ1n) is 7.15. The first-order valence-corrected chi connectivity index (χ1v) is 7.15. The Hall–Kier alpha value is -1.79. The lowest BCUT2D eigenvalue weighted by molar-refractivity contribution is -0.159. The van der Waals surface area contributed by atoms with Crippen molar-refractivity contribution < 1.29 is 29.0 Å². The molecule has 0 saturated heterocycles. The largest absolute Gasteiger partial charge is 0.481 e. The number of carboxylic acids is 1. The van der Waals surface area contributed by atoms with Gasteiger partial charge in [0.1, 0.15) is 17.2 Å². The number of aliphatic carboxylic acids is 1. The van der Waals surface area contributed by atoms with Gasteiger partial charge in [-0.05, 0) is 47.5 Å². The number of carbonyl (C=O) groups excluding carboxylic acids is 2. The van der Waals surface area contributed by atoms with Crippen molar-refractivity contribution in [2.24, 2.45) is 5.92 Å². The molecular weight excluding hydrogens is 290 g/mol. The van der Waals surface area contributed by atoms with Gasteiger partial charge >= 0.3 is 18.0 Å². The maximum Gasteiger partial charge on any atom is 0.408 e. The Morgan fingerprint density at radius 1 is 1.00 bits per heavy atom. The fraction of sp³-hybridized carbons (Fsp3) is 0.800. The van der Waals surface area contributed by atoms with Crippen molar-refractivity contribution >= 4 is 18.0 Å². The SMILES string of the molecule is C[C@H](CC(=O)O)[C@@H](NC(=O)OC(C)(C)C)C(=O)OC(C)(C)C. The van der Waals surface area contributed by atoms with Crippen LogP contribution in [-0.4, -0.2) is 40.4 Å². The number of amides is 1. The molecule has 2 N–H and O–H groups in total. The fourth-order valence-electron chi connectivity index (χ4n) is 1.63. The van der Waals surface area contributed by atoms with Gasteiger partial charge in [0.15, 0.2) is 0 Å². The third-order valence-corrected chi connectivity index (χ3v) is 2.40. The Kier molecular flexibility index (Phi) is 6.86. The van der Waals surface area contributed by atoms with E-state index in [1.807, 2.05) is 0 Å². The molecule has 7 nitrogen and oxygen atoms in total. The molecule has 0 rings (SSSR count). The second-order valence-corrected chi connectivity index (χ2v) is 7.23. The lowest BCUT2D eigenvalue weighted by Crippen LogP contribution is -2.49. The lowest BCUT2D eigenvalue weighted by atomic mass is 9.98. The smallest absolute Gasteiger partial charge is 0.408 e. The van der Waals surface area contributed by atoms with E-state index in [0.29, 0.717) is 0 Å². The van der Waals surface area contributed by atoms with E-state index >= 15 is 0 Å². The van der Waals surface area contributed by atoms with Crippen LogP contribution in [0.3, 0.4) is 0 Å². The predicted molar refractivity (Wildman–Crippen MR) is 80.4 cm³/mol. The lowest BCUT2D eigenvalue weighted by Gasteiger charge is -2.28. The highest BCUT2D eigenvalue weighted by Crippen LogP contribution is 2.16. The average molecular weight is 317 g/mol. The summed E-state index contributed by atoms with van der Waals surface area (Å²) in [5, 5.41) is 11.3. The zero-order valence-electron chi connectivity index (χ0n) is 14.4. The number of esters is 1. The van der Waals surface area contributed by atoms with Gasteiger partial charge in [-0.1, -0.05) is 6.92 Å². The minimum atomic E-state index is -1.09. The molecule has 0 aromatic rings. The van der Waals surface area contributed by atoms with Gasteiger partial charge in [0.2, 0.25) is 0 Å². The zero-order chi connectivity index (χ0) is 17.7. The van der Waals surface area contributed by atoms with Crippen molar-refractivity contribution in [3.05, 3.63) is 0 Å². The number of hydrogen-bond donors (Lipinski definition) is 2. The van der Waals surface area contributed by atoms with Crippen LogP contribution in [0.15, 0.2) is 0 Å². The molecule has 2 atom stereocenters. The van der Waals surface area contributed by atoms with Gasteiger partial charge in [-0.25, -0.2) is 9.59 Å². The molecule has 128 valence electrons. The third-order valence-electron chi connectivity index (χ3n) is 2.40. The van der Waals surface area contributed by atoms with Crippen molar-refractivity contribution in [1.82, 2.24) is 5.32 Å². The highest BCUT2D eigenvalue weighted by molar-refractivity contribution is 5.82. The molecule has 0 saturated carbocycles. The van der Waals surface area contributed by atoms with E-state index < -0.39 is 41.2 Å². The molecule has 7 heteroatoms. The third kappa shape index (κ3) is 9.20. The van der Waals surface area contributed by atoms with E-state index in [-0.39, 0.29) is 6.42 Å². The van der Waals surface area contributed by atoms with Crippen LogP contribution in [0.5, 0.6) is 0 Å². The van der Waals surface area contributed by atoms with E-state index in [4.69, 9.17) is 14.6 Å². The highest BCUT2D eigenvalue weighted by atomic mass is 16.6. The molecule has 0 aliphatic carbocycles. The minimum Gasteiger partial charge on any atom is -0.481 e. The van der Waals surface area contributed by atoms with Crippen LogP contribution >= 0.6 is 0 Å². The highest BCUT2D eigenvalue weighted by Gasteiger charge is 2.33. The Balaban J connectivity index is 5.05. The van der Waals surface area contributed by atoms with E-state index in [0.717, 1.165) is 0 Å². The van der Waals surface area contributed by atoms with Crippen molar-refractivity contribution in [3.8, 4) is 0 Å². The molecule has 0 heterocycles. The summed E-state index contributed by atoms with van der Waals surface area (Å²) in [6.45, 7) is 11.7. The summed E-state index contributed by atoms with van der Waals surface area (Å²) in [4.78, 5) is 34.9. The molecule has 1 amide bonds. The van der Waals surface area contributed by atoms with Crippen LogP contribution in [0, 0.1) is 5.92 Å². The van der Waals surface area contributed by atoms with Gasteiger partial charge in [0.05, 0.1) is 6.42 Å². The summed E-state index contributed by atoms with van der Waals surface area (Å²) >= 11 is 0. The Bertz CT molecular complexity index is 419. The van der Waals surface area contributed by atoms with Crippen molar-refractivity contribution in [1.29, 1.82) is 0 Å². The van der Waals surface area contributed by atoms with Crippen LogP contribution in [-0.2, 0) is 19.1 Å². The molecule has 0 aromatic carbocycles. The van der Waals surface area contributed by atoms with Gasteiger partial charge in [0.25, 0.3) is 0 Å². The molecular formula is C15H27NO6. The molecule has 0 bridgehead atoms. The van der Waals surface area contributed by atoms with E-state index in [9.17, 15) is 14.4 Å². The first-order chi connectivity index (χ1) is 9.71. The maximum atomic E-state index is 12.2. The van der Waals surface area contributed by atoms with E-state index in [1.54, 1.807) is 48.5 Å². The molecule has 0 aliphatic rings. The number of alkyl carbamates (subject to hydrolysis) is 1. The number of hydrogen-bond acceptors (Lipinski definition) is 5. The monoisotopic (exact) mass is 317 g/mol. The van der Waals surface area contributed by atoms with E-state index in [2.05, 4.69) is 5.32 Å². The van der Waals surface area contributed by atoms with Gasteiger partial charge in [-0.2, -0.15) is 0 Å². The average Bonchev–Trinajstić information content (AvgIpc) is 2.19. The first kappa shape index (κ1) is 20.2. The standard InChI is InChI=1S/C15H27NO6/c1-9(8-10(17)18)11(12(19)21-14(2,3)4)16-13(20)22-15(5,6)7/h9,11H,8H2,1-7H3,(H,16,20)(H,17,18)/t9-,11-/m1/s1. The quantitative estimate of drug-likeness (QED) is 0.755. The van der Waals surface area contributed by atoms with Gasteiger partial charge in [-0.15, -0.1) is 0 Å². The van der Waals surface area contributed by atoms with Crippen molar-refractivity contribution in [2.75, 3.05) is 0 Å². The van der Waals surface area contributed by atoms with Crippen LogP contribution < -0.4 is 5.32 Å². The number of carbonyl (C=O) groups is 3. The van der Waals surface area contributed by atoms with Crippen LogP contribution in [0.4, 0.5) is 4.79 Å². The predicted octanol–water partition coefficient (Wildman–Crippen LogP) is 2.33. The maximum absolute atomic E-state index is 12.2. The summed E-state index contributed by atoms with van der Waals surface area (Å²) in [6.07, 6.45) is -1.07. The van der Waals surface area contributed by atoms with Gasteiger partial charge in [-0.3, -0.25) is 4.79 Å². The number of ether oxygens (including phenoxy) is 2. The molecule has 0 spiro atoms. The molecule has 0 aliphatic heterocycles. The van der Waals surface area contributed by atoms with Gasteiger partial charge in [0, 0.05) is 0 Å². The number of carboxylic acid groups (broad SMARTS) is 1. The van der Waals surface area contributed by atoms with Crippen molar-refractivity contribution in [3.63, 3.8) is 0 Å². The summed E-state index contributed by atoms with van der Waals surface area (Å²) in [7, 11) is 0. The second kappa shape index (κ2) is 7.47. The topological polar surface area (TPSA) is 102 Å². The van der Waals surface area contributed by atoms with E-state index in [1.165, 1.54) is 0 Å². The molecule has 0 fully saturated rings. The minimum absolute atomic E-state index is 0.278.